The van der Waals surface area contributed by atoms with E-state index in [1.807, 2.05) is 13.0 Å². The maximum Gasteiger partial charge on any atom is 0.227 e. The second-order valence-electron chi connectivity index (χ2n) is 5.88. The lowest BCUT2D eigenvalue weighted by Crippen LogP contribution is -2.27. The quantitative estimate of drug-likeness (QED) is 0.829. The Hall–Kier alpha value is -0.830. The van der Waals surface area contributed by atoms with Crippen molar-refractivity contribution in [3.8, 4) is 0 Å². The van der Waals surface area contributed by atoms with Gasteiger partial charge in [0.25, 0.3) is 0 Å². The SMILES string of the molecule is Cc1cc(C)c(NC(=O)C2CCC(C)CC2)c(Br)c1. The van der Waals surface area contributed by atoms with Crippen LogP contribution in [0.1, 0.15) is 43.7 Å². The molecule has 1 aliphatic carbocycles. The van der Waals surface area contributed by atoms with Gasteiger partial charge in [-0.15, -0.1) is 0 Å². The molecular formula is C16H22BrNO. The van der Waals surface area contributed by atoms with Crippen molar-refractivity contribution in [1.82, 2.24) is 0 Å². The van der Waals surface area contributed by atoms with Gasteiger partial charge in [0.2, 0.25) is 5.91 Å². The van der Waals surface area contributed by atoms with Gasteiger partial charge in [0.15, 0.2) is 0 Å². The number of benzene rings is 1. The molecule has 1 N–H and O–H groups in total. The smallest absolute Gasteiger partial charge is 0.227 e. The van der Waals surface area contributed by atoms with E-state index >= 15 is 0 Å². The molecule has 0 unspecified atom stereocenters. The van der Waals surface area contributed by atoms with Crippen molar-refractivity contribution in [3.63, 3.8) is 0 Å². The third kappa shape index (κ3) is 3.59. The van der Waals surface area contributed by atoms with E-state index < -0.39 is 0 Å². The summed E-state index contributed by atoms with van der Waals surface area (Å²) in [6.45, 7) is 6.37. The summed E-state index contributed by atoms with van der Waals surface area (Å²) in [5, 5.41) is 3.10. The van der Waals surface area contributed by atoms with Crippen LogP contribution in [0, 0.1) is 25.7 Å². The third-order valence-corrected chi connectivity index (χ3v) is 4.69. The minimum atomic E-state index is 0.180. The molecule has 1 saturated carbocycles. The minimum absolute atomic E-state index is 0.180. The standard InChI is InChI=1S/C16H22BrNO/c1-10-4-6-13(7-5-10)16(19)18-15-12(3)8-11(2)9-14(15)17/h8-10,13H,4-7H2,1-3H3,(H,18,19). The Balaban J connectivity index is 2.07. The third-order valence-electron chi connectivity index (χ3n) is 4.07. The number of rotatable bonds is 2. The molecule has 0 heterocycles. The van der Waals surface area contributed by atoms with E-state index in [4.69, 9.17) is 0 Å². The number of anilines is 1. The van der Waals surface area contributed by atoms with Crippen molar-refractivity contribution in [2.45, 2.75) is 46.5 Å². The molecule has 0 bridgehead atoms. The summed E-state index contributed by atoms with van der Waals surface area (Å²) in [6, 6.07) is 4.15. The van der Waals surface area contributed by atoms with Crippen LogP contribution in [0.5, 0.6) is 0 Å². The first-order valence-electron chi connectivity index (χ1n) is 7.05. The number of carbonyl (C=O) groups is 1. The molecule has 0 atom stereocenters. The number of hydrogen-bond acceptors (Lipinski definition) is 1. The second kappa shape index (κ2) is 6.08. The molecule has 19 heavy (non-hydrogen) atoms. The van der Waals surface area contributed by atoms with Gasteiger partial charge < -0.3 is 5.32 Å². The summed E-state index contributed by atoms with van der Waals surface area (Å²) < 4.78 is 0.975. The topological polar surface area (TPSA) is 29.1 Å². The zero-order chi connectivity index (χ0) is 14.0. The highest BCUT2D eigenvalue weighted by atomic mass is 79.9. The van der Waals surface area contributed by atoms with Crippen LogP contribution in [0.4, 0.5) is 5.69 Å². The maximum absolute atomic E-state index is 12.3. The van der Waals surface area contributed by atoms with Crippen LogP contribution in [0.3, 0.4) is 0 Å². The number of hydrogen-bond donors (Lipinski definition) is 1. The second-order valence-corrected chi connectivity index (χ2v) is 6.74. The van der Waals surface area contributed by atoms with E-state index in [0.717, 1.165) is 34.5 Å². The van der Waals surface area contributed by atoms with Gasteiger partial charge >= 0.3 is 0 Å². The molecule has 0 aromatic heterocycles. The zero-order valence-corrected chi connectivity index (χ0v) is 13.5. The van der Waals surface area contributed by atoms with Crippen LogP contribution in [0.15, 0.2) is 16.6 Å². The average Bonchev–Trinajstić information content (AvgIpc) is 2.34. The number of nitrogens with one attached hydrogen (secondary N) is 1. The average molecular weight is 324 g/mol. The molecule has 104 valence electrons. The molecule has 1 aromatic carbocycles. The van der Waals surface area contributed by atoms with Gasteiger partial charge in [-0.05, 0) is 78.6 Å². The van der Waals surface area contributed by atoms with Crippen molar-refractivity contribution in [2.24, 2.45) is 11.8 Å². The fraction of sp³-hybridized carbons (Fsp3) is 0.562. The number of halogens is 1. The monoisotopic (exact) mass is 323 g/mol. The molecule has 1 aromatic rings. The van der Waals surface area contributed by atoms with E-state index in [9.17, 15) is 4.79 Å². The zero-order valence-electron chi connectivity index (χ0n) is 11.9. The molecule has 3 heteroatoms. The van der Waals surface area contributed by atoms with Crippen molar-refractivity contribution in [1.29, 1.82) is 0 Å². The lowest BCUT2D eigenvalue weighted by atomic mass is 9.82. The highest BCUT2D eigenvalue weighted by Crippen LogP contribution is 2.32. The van der Waals surface area contributed by atoms with Crippen molar-refractivity contribution >= 4 is 27.5 Å². The molecule has 1 amide bonds. The predicted molar refractivity (Wildman–Crippen MR) is 83.4 cm³/mol. The fourth-order valence-corrected chi connectivity index (χ4v) is 3.59. The van der Waals surface area contributed by atoms with Crippen LogP contribution in [-0.4, -0.2) is 5.91 Å². The van der Waals surface area contributed by atoms with Gasteiger partial charge in [-0.3, -0.25) is 4.79 Å². The molecule has 0 radical (unpaired) electrons. The predicted octanol–water partition coefficient (Wildman–Crippen LogP) is 4.83. The number of carbonyl (C=O) groups excluding carboxylic acids is 1. The van der Waals surface area contributed by atoms with E-state index in [0.29, 0.717) is 0 Å². The van der Waals surface area contributed by atoms with Gasteiger partial charge in [-0.2, -0.15) is 0 Å². The van der Waals surface area contributed by atoms with E-state index in [-0.39, 0.29) is 11.8 Å². The first-order chi connectivity index (χ1) is 8.97. The van der Waals surface area contributed by atoms with Gasteiger partial charge in [-0.1, -0.05) is 13.0 Å². The molecule has 0 aliphatic heterocycles. The van der Waals surface area contributed by atoms with Gasteiger partial charge in [-0.25, -0.2) is 0 Å². The first-order valence-corrected chi connectivity index (χ1v) is 7.84. The molecule has 0 spiro atoms. The summed E-state index contributed by atoms with van der Waals surface area (Å²) in [5.41, 5.74) is 3.24. The van der Waals surface area contributed by atoms with Crippen molar-refractivity contribution < 1.29 is 4.79 Å². The van der Waals surface area contributed by atoms with Crippen LogP contribution < -0.4 is 5.32 Å². The Morgan fingerprint density at radius 2 is 1.84 bits per heavy atom. The molecular weight excluding hydrogens is 302 g/mol. The lowest BCUT2D eigenvalue weighted by Gasteiger charge is -2.25. The van der Waals surface area contributed by atoms with Crippen molar-refractivity contribution in [2.75, 3.05) is 5.32 Å². The van der Waals surface area contributed by atoms with Crippen molar-refractivity contribution in [3.05, 3.63) is 27.7 Å². The Morgan fingerprint density at radius 3 is 2.42 bits per heavy atom. The summed E-state index contributed by atoms with van der Waals surface area (Å²) in [4.78, 5) is 12.3. The van der Waals surface area contributed by atoms with Crippen LogP contribution in [0.25, 0.3) is 0 Å². The highest BCUT2D eigenvalue weighted by Gasteiger charge is 2.25. The molecule has 2 nitrogen and oxygen atoms in total. The Kier molecular flexibility index (Phi) is 4.67. The van der Waals surface area contributed by atoms with Crippen LogP contribution in [-0.2, 0) is 4.79 Å². The van der Waals surface area contributed by atoms with Gasteiger partial charge in [0.1, 0.15) is 0 Å². The number of aryl methyl sites for hydroxylation is 2. The Morgan fingerprint density at radius 1 is 1.21 bits per heavy atom. The molecule has 2 rings (SSSR count). The van der Waals surface area contributed by atoms with Crippen LogP contribution >= 0.6 is 15.9 Å². The van der Waals surface area contributed by atoms with E-state index in [1.54, 1.807) is 0 Å². The number of amides is 1. The Labute approximate surface area is 124 Å². The maximum atomic E-state index is 12.3. The van der Waals surface area contributed by atoms with E-state index in [2.05, 4.69) is 41.2 Å². The van der Waals surface area contributed by atoms with Gasteiger partial charge in [0, 0.05) is 10.4 Å². The summed E-state index contributed by atoms with van der Waals surface area (Å²) >= 11 is 3.55. The molecule has 0 saturated heterocycles. The first kappa shape index (κ1) is 14.6. The lowest BCUT2D eigenvalue weighted by molar-refractivity contribution is -0.121. The van der Waals surface area contributed by atoms with E-state index in [1.165, 1.54) is 18.4 Å². The molecule has 1 aliphatic rings. The van der Waals surface area contributed by atoms with Crippen LogP contribution in [0.2, 0.25) is 0 Å². The summed E-state index contributed by atoms with van der Waals surface area (Å²) in [6.07, 6.45) is 4.39. The Bertz CT molecular complexity index is 453. The highest BCUT2D eigenvalue weighted by molar-refractivity contribution is 9.10. The normalized spacial score (nSPS) is 23.2. The largest absolute Gasteiger partial charge is 0.325 e. The van der Waals surface area contributed by atoms with Gasteiger partial charge in [0.05, 0.1) is 5.69 Å². The minimum Gasteiger partial charge on any atom is -0.325 e. The molecule has 1 fully saturated rings. The summed E-state index contributed by atoms with van der Waals surface area (Å²) in [5.74, 6) is 1.14. The summed E-state index contributed by atoms with van der Waals surface area (Å²) in [7, 11) is 0. The fourth-order valence-electron chi connectivity index (χ4n) is 2.82.